The summed E-state index contributed by atoms with van der Waals surface area (Å²) >= 11 is 9.64. The summed E-state index contributed by atoms with van der Waals surface area (Å²) in [6.45, 7) is 5.95. The number of halogens is 1. The SMILES string of the molecule is CC(C)(C)CC(=O)Nc1cc(F)ccc1-c1nc2ccccc2[nH]1.S=S=S=S=S=S=S=S=S=S=S=S=S=S=S=S=S=S=S=S=S=S=S=S=S=S=S=S=S=S=S=S=S=S=S=S=S=S=S=S=S=S=S=S=S=S=S=S=S=S=S=S=S=S=S=S=S=S=S=S. The Morgan fingerprint density at radius 1 is 0.405 bits per heavy atom. The minimum Gasteiger partial charge on any atom is -0.338 e. The zero-order chi connectivity index (χ0) is 60.3. The molecule has 0 spiro atoms. The molecule has 2 N–H and O–H groups in total. The monoisotopic (exact) mass is 2240 g/mol. The molecular formula is C19H20FN3OS60. The van der Waals surface area contributed by atoms with E-state index in [1.807, 2.05) is 436 Å². The second-order valence-corrected chi connectivity index (χ2v) is 114. The highest BCUT2D eigenvalue weighted by atomic mass is 33.5. The molecule has 3 rings (SSSR count). The molecule has 0 aliphatic heterocycles. The predicted octanol–water partition coefficient (Wildman–Crippen LogP) is 4.60. The number of imidazole rings is 1. The van der Waals surface area contributed by atoms with Crippen LogP contribution in [0.5, 0.6) is 0 Å². The molecule has 4 nitrogen and oxygen atoms in total. The van der Waals surface area contributed by atoms with Crippen LogP contribution in [0.3, 0.4) is 0 Å². The van der Waals surface area contributed by atoms with E-state index in [2.05, 4.69) is 15.3 Å². The molecule has 2 aromatic carbocycles. The Morgan fingerprint density at radius 2 is 0.655 bits per heavy atom. The average molecular weight is 2250 g/mol. The van der Waals surface area contributed by atoms with Crippen molar-refractivity contribution in [1.82, 2.24) is 9.97 Å². The van der Waals surface area contributed by atoms with Crippen molar-refractivity contribution in [2.24, 2.45) is 5.41 Å². The summed E-state index contributed by atoms with van der Waals surface area (Å²) in [7, 11) is 104. The Morgan fingerprint density at radius 3 is 0.893 bits per heavy atom. The first-order chi connectivity index (χ1) is 41.2. The minimum atomic E-state index is -0.402. The lowest BCUT2D eigenvalue weighted by atomic mass is 9.92. The van der Waals surface area contributed by atoms with E-state index in [1.54, 1.807) is 113 Å². The summed E-state index contributed by atoms with van der Waals surface area (Å²) in [5.41, 5.74) is 2.66. The Kier molecular flexibility index (Phi) is 76.1. The van der Waals surface area contributed by atoms with Crippen molar-refractivity contribution in [2.75, 3.05) is 5.32 Å². The van der Waals surface area contributed by atoms with E-state index < -0.39 is 5.82 Å². The van der Waals surface area contributed by atoms with Gasteiger partial charge in [-0.2, -0.15) is 0 Å². The number of hydrogen-bond donors (Lipinski definition) is 2. The Labute approximate surface area is 659 Å². The summed E-state index contributed by atoms with van der Waals surface area (Å²) in [5.74, 6) is 0.0497. The maximum atomic E-state index is 13.7. The highest BCUT2D eigenvalue weighted by Crippen LogP contribution is 2.29. The third kappa shape index (κ3) is 61.2. The fourth-order valence-electron chi connectivity index (χ4n) is 3.22. The van der Waals surface area contributed by atoms with Crippen LogP contribution in [0.25, 0.3) is 22.4 Å². The fourth-order valence-corrected chi connectivity index (χ4v) is 157. The molecule has 0 aliphatic rings. The van der Waals surface area contributed by atoms with E-state index in [0.29, 0.717) is 23.5 Å². The predicted molar refractivity (Wildman–Crippen MR) is 536 cm³/mol. The number of aromatic nitrogens is 2. The van der Waals surface area contributed by atoms with Crippen LogP contribution in [0.4, 0.5) is 10.1 Å². The van der Waals surface area contributed by atoms with Gasteiger partial charge < -0.3 is 10.3 Å². The van der Waals surface area contributed by atoms with Gasteiger partial charge in [0.25, 0.3) is 0 Å². The number of carbonyl (C=O) groups is 1. The number of H-pyrrole nitrogens is 1. The number of nitrogens with zero attached hydrogens (tertiary/aromatic N) is 1. The van der Waals surface area contributed by atoms with E-state index in [9.17, 15) is 9.18 Å². The average Bonchev–Trinajstić information content (AvgIpc) is 4.17. The molecule has 3 aromatic rings. The first-order valence-corrected chi connectivity index (χ1v) is 96.4. The number of benzene rings is 2. The van der Waals surface area contributed by atoms with Crippen LogP contribution in [-0.4, -0.2) is 15.9 Å². The standard InChI is InChI=1S/C19H20FN3O.S60/c1-19(2,3)11-17(24)21-16-10-12(20)8-9-13(16)18-22-14-6-4-5-7-15(14)23-18;1-3-5-7-9-11-13-15-17-19-21-23-25-27-29-31-33-35-37-39-41-43-45-47-49-51-53-55-57-59-60-58-56-54-52-50-48-46-44-42-40-38-36-34-32-30-28-26-24-22-20-18-16-14-12-10-8-6-4-2/h4-10H,11H2,1-3H3,(H,21,24)(H,22,23);. The van der Waals surface area contributed by atoms with E-state index in [-0.39, 0.29) is 11.3 Å². The first-order valence-electron chi connectivity index (χ1n) is 17.7. The lowest BCUT2D eigenvalue weighted by molar-refractivity contribution is -0.117. The quantitative estimate of drug-likeness (QED) is 0.404. The van der Waals surface area contributed by atoms with E-state index in [0.717, 1.165) is 11.0 Å². The normalized spacial score (nSPS) is 8.90. The summed E-state index contributed by atoms with van der Waals surface area (Å²) in [4.78, 5) is 20.0. The van der Waals surface area contributed by atoms with Gasteiger partial charge in [0.15, 0.2) is 0 Å². The molecule has 0 fully saturated rings. The largest absolute Gasteiger partial charge is 0.338 e. The Hall–Kier alpha value is 10.5. The molecule has 0 atom stereocenters. The van der Waals surface area contributed by atoms with Gasteiger partial charge in [-0.15, -0.1) is 0 Å². The van der Waals surface area contributed by atoms with Gasteiger partial charge in [-0.25, -0.2) is 9.37 Å². The van der Waals surface area contributed by atoms with Crippen LogP contribution in [0.15, 0.2) is 42.5 Å². The molecule has 1 aromatic heterocycles. The molecule has 484 valence electrons. The molecule has 84 heavy (non-hydrogen) atoms. The third-order valence-corrected chi connectivity index (χ3v) is 132. The van der Waals surface area contributed by atoms with Crippen molar-refractivity contribution in [3.63, 3.8) is 0 Å². The summed E-state index contributed by atoms with van der Waals surface area (Å²) in [6.07, 6.45) is 0.350. The molecular weight excluding hydrogens is 2230 g/mol. The van der Waals surface area contributed by atoms with Gasteiger partial charge in [0.1, 0.15) is 11.6 Å². The lowest BCUT2D eigenvalue weighted by Crippen LogP contribution is -2.20. The van der Waals surface area contributed by atoms with Crippen LogP contribution in [0.2, 0.25) is 0 Å². The number of anilines is 1. The fraction of sp³-hybridized carbons (Fsp3) is 0.263. The number of nitrogens with one attached hydrogen (secondary N) is 2. The number of amides is 1. The highest BCUT2D eigenvalue weighted by Gasteiger charge is 2.18. The molecule has 0 saturated heterocycles. The van der Waals surface area contributed by atoms with Crippen molar-refractivity contribution in [2.45, 2.75) is 27.2 Å². The van der Waals surface area contributed by atoms with Crippen LogP contribution < -0.4 is 5.32 Å². The van der Waals surface area contributed by atoms with E-state index in [4.69, 9.17) is 22.4 Å². The Balaban J connectivity index is 0.000000819. The number of carbonyl (C=O) groups excluding carboxylic acids is 1. The number of aromatic amines is 1. The maximum Gasteiger partial charge on any atom is 0.224 e. The summed E-state index contributed by atoms with van der Waals surface area (Å²) in [6, 6.07) is 12.0. The maximum absolute atomic E-state index is 13.7. The topological polar surface area (TPSA) is 57.8 Å². The minimum absolute atomic E-state index is 0.142. The van der Waals surface area contributed by atoms with Gasteiger partial charge in [0.2, 0.25) is 5.91 Å². The van der Waals surface area contributed by atoms with Crippen molar-refractivity contribution < 1.29 is 9.18 Å². The molecule has 0 bridgehead atoms. The molecule has 1 amide bonds. The molecule has 0 saturated carbocycles. The van der Waals surface area contributed by atoms with Crippen LogP contribution >= 0.6 is 0 Å². The molecule has 65 heteroatoms. The summed E-state index contributed by atoms with van der Waals surface area (Å²) < 4.78 is 13.7. The van der Waals surface area contributed by atoms with Crippen molar-refractivity contribution >= 4 is 560 Å². The van der Waals surface area contributed by atoms with Crippen LogP contribution in [0.1, 0.15) is 27.2 Å². The molecule has 0 radical (unpaired) electrons. The van der Waals surface area contributed by atoms with Crippen molar-refractivity contribution in [3.8, 4) is 11.4 Å². The zero-order valence-corrected chi connectivity index (χ0v) is 87.5. The molecule has 1 heterocycles. The van der Waals surface area contributed by atoms with Gasteiger partial charge in [-0.05, 0) is 35.7 Å². The zero-order valence-electron chi connectivity index (χ0n) is 38.5. The lowest BCUT2D eigenvalue weighted by Gasteiger charge is -2.18. The van der Waals surface area contributed by atoms with Gasteiger partial charge in [0.05, 0.1) is 16.7 Å². The number of hydrogen-bond acceptors (Lipinski definition) is 4. The Bertz CT molecular complexity index is 5480. The van der Waals surface area contributed by atoms with Gasteiger partial charge in [-0.3, -0.25) is 4.79 Å². The van der Waals surface area contributed by atoms with E-state index >= 15 is 0 Å². The molecule has 0 aliphatic carbocycles. The second kappa shape index (κ2) is 70.5. The van der Waals surface area contributed by atoms with Crippen LogP contribution in [0, 0.1) is 11.2 Å². The third-order valence-electron chi connectivity index (χ3n) is 5.17. The van der Waals surface area contributed by atoms with Gasteiger partial charge >= 0.3 is 0 Å². The van der Waals surface area contributed by atoms with Gasteiger partial charge in [0, 0.05) is 549 Å². The number of fused-ring (bicyclic) bond motifs is 1. The number of para-hydroxylation sites is 2. The number of rotatable bonds is 3. The van der Waals surface area contributed by atoms with Crippen molar-refractivity contribution in [1.29, 1.82) is 0 Å². The molecule has 0 unspecified atom stereocenters. The second-order valence-electron chi connectivity index (χ2n) is 11.0. The highest BCUT2D eigenvalue weighted by molar-refractivity contribution is 8.83. The van der Waals surface area contributed by atoms with E-state index in [1.165, 1.54) is 29.9 Å². The van der Waals surface area contributed by atoms with Crippen molar-refractivity contribution in [3.05, 3.63) is 48.3 Å². The smallest absolute Gasteiger partial charge is 0.224 e. The first kappa shape index (κ1) is 90.6. The summed E-state index contributed by atoms with van der Waals surface area (Å²) in [5, 5.41) is 2.81. The van der Waals surface area contributed by atoms with Crippen LogP contribution in [-0.2, 0) is 542 Å². The van der Waals surface area contributed by atoms with Gasteiger partial charge in [-0.1, -0.05) is 32.9 Å².